The third-order valence-corrected chi connectivity index (χ3v) is 5.16. The monoisotopic (exact) mass is 380 g/mol. The molecule has 0 spiro atoms. The SMILES string of the molecule is CCN(CC)CCOC(=O)c1c(C)n(-c2ccccc2)c2ccc(OC)cc12. The molecular weight excluding hydrogens is 352 g/mol. The highest BCUT2D eigenvalue weighted by molar-refractivity contribution is 6.07. The number of likely N-dealkylation sites (N-methyl/N-ethyl adjacent to an activating group) is 1. The van der Waals surface area contributed by atoms with Crippen molar-refractivity contribution in [3.8, 4) is 11.4 Å². The molecule has 1 heterocycles. The van der Waals surface area contributed by atoms with E-state index in [9.17, 15) is 4.79 Å². The molecule has 0 bridgehead atoms. The first-order valence-corrected chi connectivity index (χ1v) is 9.74. The summed E-state index contributed by atoms with van der Waals surface area (Å²) >= 11 is 0. The fraction of sp³-hybridized carbons (Fsp3) is 0.348. The number of para-hydroxylation sites is 1. The van der Waals surface area contributed by atoms with Gasteiger partial charge in [0.05, 0.1) is 18.2 Å². The number of hydrogen-bond acceptors (Lipinski definition) is 4. The Morgan fingerprint density at radius 2 is 1.79 bits per heavy atom. The molecule has 28 heavy (non-hydrogen) atoms. The first-order valence-electron chi connectivity index (χ1n) is 9.74. The van der Waals surface area contributed by atoms with Crippen molar-refractivity contribution < 1.29 is 14.3 Å². The van der Waals surface area contributed by atoms with E-state index in [4.69, 9.17) is 9.47 Å². The number of aromatic nitrogens is 1. The minimum atomic E-state index is -0.294. The zero-order valence-corrected chi connectivity index (χ0v) is 17.1. The van der Waals surface area contributed by atoms with Gasteiger partial charge in [0.1, 0.15) is 12.4 Å². The van der Waals surface area contributed by atoms with Gasteiger partial charge < -0.3 is 18.9 Å². The van der Waals surface area contributed by atoms with E-state index >= 15 is 0 Å². The summed E-state index contributed by atoms with van der Waals surface area (Å²) in [6.07, 6.45) is 0. The first-order chi connectivity index (χ1) is 13.6. The summed E-state index contributed by atoms with van der Waals surface area (Å²) in [6, 6.07) is 15.8. The molecule has 0 radical (unpaired) electrons. The molecule has 0 saturated heterocycles. The lowest BCUT2D eigenvalue weighted by Crippen LogP contribution is -2.28. The van der Waals surface area contributed by atoms with Crippen LogP contribution in [0.25, 0.3) is 16.6 Å². The molecule has 2 aromatic carbocycles. The number of carbonyl (C=O) groups is 1. The van der Waals surface area contributed by atoms with E-state index in [1.807, 2.05) is 55.5 Å². The maximum atomic E-state index is 13.0. The second-order valence-corrected chi connectivity index (χ2v) is 6.68. The Labute approximate surface area is 166 Å². The van der Waals surface area contributed by atoms with E-state index in [-0.39, 0.29) is 5.97 Å². The van der Waals surface area contributed by atoms with Crippen LogP contribution in [0.3, 0.4) is 0 Å². The fourth-order valence-corrected chi connectivity index (χ4v) is 3.57. The second kappa shape index (κ2) is 8.93. The number of ether oxygens (including phenoxy) is 2. The zero-order valence-electron chi connectivity index (χ0n) is 17.1. The molecule has 0 aliphatic carbocycles. The Morgan fingerprint density at radius 3 is 2.43 bits per heavy atom. The number of fused-ring (bicyclic) bond motifs is 1. The van der Waals surface area contributed by atoms with Gasteiger partial charge in [0, 0.05) is 23.3 Å². The van der Waals surface area contributed by atoms with Crippen molar-refractivity contribution in [2.45, 2.75) is 20.8 Å². The van der Waals surface area contributed by atoms with Crippen LogP contribution in [0.4, 0.5) is 0 Å². The van der Waals surface area contributed by atoms with Crippen LogP contribution >= 0.6 is 0 Å². The van der Waals surface area contributed by atoms with E-state index in [1.165, 1.54) is 0 Å². The number of esters is 1. The van der Waals surface area contributed by atoms with Gasteiger partial charge in [-0.3, -0.25) is 0 Å². The van der Waals surface area contributed by atoms with Gasteiger partial charge >= 0.3 is 5.97 Å². The Balaban J connectivity index is 2.01. The largest absolute Gasteiger partial charge is 0.497 e. The molecule has 5 nitrogen and oxygen atoms in total. The van der Waals surface area contributed by atoms with E-state index in [0.717, 1.165) is 47.7 Å². The highest BCUT2D eigenvalue weighted by atomic mass is 16.5. The predicted octanol–water partition coefficient (Wildman–Crippen LogP) is 4.45. The average Bonchev–Trinajstić information content (AvgIpc) is 3.02. The molecule has 0 aliphatic rings. The Hall–Kier alpha value is -2.79. The van der Waals surface area contributed by atoms with Gasteiger partial charge in [-0.05, 0) is 50.3 Å². The lowest BCUT2D eigenvalue weighted by atomic mass is 10.1. The van der Waals surface area contributed by atoms with Crippen molar-refractivity contribution in [1.29, 1.82) is 0 Å². The zero-order chi connectivity index (χ0) is 20.1. The van der Waals surface area contributed by atoms with Crippen LogP contribution in [-0.4, -0.2) is 48.8 Å². The quantitative estimate of drug-likeness (QED) is 0.542. The van der Waals surface area contributed by atoms with Crippen LogP contribution in [-0.2, 0) is 4.74 Å². The molecule has 0 atom stereocenters. The molecule has 0 aliphatic heterocycles. The number of methoxy groups -OCH3 is 1. The fourth-order valence-electron chi connectivity index (χ4n) is 3.57. The predicted molar refractivity (Wildman–Crippen MR) is 113 cm³/mol. The van der Waals surface area contributed by atoms with Gasteiger partial charge in [0.25, 0.3) is 0 Å². The molecule has 1 aromatic heterocycles. The molecule has 3 rings (SSSR count). The van der Waals surface area contributed by atoms with Gasteiger partial charge in [0.2, 0.25) is 0 Å². The van der Waals surface area contributed by atoms with Crippen LogP contribution in [0.5, 0.6) is 5.75 Å². The molecule has 0 unspecified atom stereocenters. The van der Waals surface area contributed by atoms with Gasteiger partial charge in [-0.25, -0.2) is 4.79 Å². The normalized spacial score (nSPS) is 11.2. The van der Waals surface area contributed by atoms with Crippen LogP contribution in [0, 0.1) is 6.92 Å². The van der Waals surface area contributed by atoms with Crippen LogP contribution in [0.1, 0.15) is 29.9 Å². The molecule has 0 fully saturated rings. The topological polar surface area (TPSA) is 43.7 Å². The summed E-state index contributed by atoms with van der Waals surface area (Å²) in [5, 5.41) is 0.841. The van der Waals surface area contributed by atoms with Crippen LogP contribution in [0.2, 0.25) is 0 Å². The number of benzene rings is 2. The van der Waals surface area contributed by atoms with Crippen LogP contribution in [0.15, 0.2) is 48.5 Å². The summed E-state index contributed by atoms with van der Waals surface area (Å²) < 4.78 is 13.1. The van der Waals surface area contributed by atoms with Crippen molar-refractivity contribution in [2.24, 2.45) is 0 Å². The Kier molecular flexibility index (Phi) is 6.37. The second-order valence-electron chi connectivity index (χ2n) is 6.68. The first kappa shape index (κ1) is 20.0. The molecule has 5 heteroatoms. The summed E-state index contributed by atoms with van der Waals surface area (Å²) in [7, 11) is 1.63. The van der Waals surface area contributed by atoms with Crippen molar-refractivity contribution in [3.05, 3.63) is 59.8 Å². The van der Waals surface area contributed by atoms with Gasteiger partial charge in [-0.2, -0.15) is 0 Å². The number of nitrogens with zero attached hydrogens (tertiary/aromatic N) is 2. The van der Waals surface area contributed by atoms with Gasteiger partial charge in [0.15, 0.2) is 0 Å². The van der Waals surface area contributed by atoms with Gasteiger partial charge in [-0.15, -0.1) is 0 Å². The van der Waals surface area contributed by atoms with E-state index in [0.29, 0.717) is 12.2 Å². The summed E-state index contributed by atoms with van der Waals surface area (Å²) in [6.45, 7) is 9.17. The van der Waals surface area contributed by atoms with Crippen molar-refractivity contribution in [1.82, 2.24) is 9.47 Å². The number of hydrogen-bond donors (Lipinski definition) is 0. The molecule has 0 saturated carbocycles. The van der Waals surface area contributed by atoms with Crippen LogP contribution < -0.4 is 4.74 Å². The lowest BCUT2D eigenvalue weighted by Gasteiger charge is -2.17. The smallest absolute Gasteiger partial charge is 0.340 e. The van der Waals surface area contributed by atoms with Gasteiger partial charge in [-0.1, -0.05) is 32.0 Å². The maximum absolute atomic E-state index is 13.0. The highest BCUT2D eigenvalue weighted by Crippen LogP contribution is 2.32. The Morgan fingerprint density at radius 1 is 1.07 bits per heavy atom. The molecule has 0 amide bonds. The van der Waals surface area contributed by atoms with E-state index < -0.39 is 0 Å². The lowest BCUT2D eigenvalue weighted by molar-refractivity contribution is 0.0468. The number of rotatable bonds is 8. The summed E-state index contributed by atoms with van der Waals surface area (Å²) in [5.74, 6) is 0.424. The summed E-state index contributed by atoms with van der Waals surface area (Å²) in [5.41, 5.74) is 3.43. The average molecular weight is 380 g/mol. The number of carbonyl (C=O) groups excluding carboxylic acids is 1. The van der Waals surface area contributed by atoms with Crippen molar-refractivity contribution in [2.75, 3.05) is 33.4 Å². The Bertz CT molecular complexity index is 943. The molecular formula is C23H28N2O3. The van der Waals surface area contributed by atoms with E-state index in [1.54, 1.807) is 7.11 Å². The van der Waals surface area contributed by atoms with Crippen molar-refractivity contribution in [3.63, 3.8) is 0 Å². The minimum Gasteiger partial charge on any atom is -0.497 e. The molecule has 3 aromatic rings. The van der Waals surface area contributed by atoms with E-state index in [2.05, 4.69) is 23.3 Å². The van der Waals surface area contributed by atoms with Crippen molar-refractivity contribution >= 4 is 16.9 Å². The summed E-state index contributed by atoms with van der Waals surface area (Å²) in [4.78, 5) is 15.2. The maximum Gasteiger partial charge on any atom is 0.340 e. The highest BCUT2D eigenvalue weighted by Gasteiger charge is 2.22. The minimum absolute atomic E-state index is 0.294. The third-order valence-electron chi connectivity index (χ3n) is 5.16. The molecule has 0 N–H and O–H groups in total. The third kappa shape index (κ3) is 3.90. The molecule has 148 valence electrons. The standard InChI is InChI=1S/C23H28N2O3/c1-5-24(6-2)14-15-28-23(26)22-17(3)25(18-10-8-7-9-11-18)21-13-12-19(27-4)16-20(21)22/h7-13,16H,5-6,14-15H2,1-4H3.